The fourth-order valence-electron chi connectivity index (χ4n) is 2.32. The van der Waals surface area contributed by atoms with Crippen molar-refractivity contribution in [1.29, 1.82) is 0 Å². The Kier molecular flexibility index (Phi) is 3.36. The summed E-state index contributed by atoms with van der Waals surface area (Å²) in [7, 11) is 0. The average molecular weight is 246 g/mol. The van der Waals surface area contributed by atoms with Gasteiger partial charge in [-0.3, -0.25) is 9.59 Å². The Bertz CT molecular complexity index is 467. The predicted molar refractivity (Wildman–Crippen MR) is 68.6 cm³/mol. The Morgan fingerprint density at radius 2 is 2.00 bits per heavy atom. The smallest absolute Gasteiger partial charge is 0.223 e. The van der Waals surface area contributed by atoms with E-state index in [1.165, 1.54) is 5.56 Å². The van der Waals surface area contributed by atoms with Gasteiger partial charge < -0.3 is 10.6 Å². The van der Waals surface area contributed by atoms with Gasteiger partial charge in [-0.2, -0.15) is 0 Å². The second-order valence-electron chi connectivity index (χ2n) is 4.94. The van der Waals surface area contributed by atoms with E-state index >= 15 is 0 Å². The number of primary amides is 1. The Morgan fingerprint density at radius 1 is 1.39 bits per heavy atom. The topological polar surface area (TPSA) is 63.4 Å². The second-order valence-corrected chi connectivity index (χ2v) is 4.94. The molecule has 1 fully saturated rings. The van der Waals surface area contributed by atoms with E-state index in [0.29, 0.717) is 6.54 Å². The van der Waals surface area contributed by atoms with Crippen LogP contribution in [0, 0.1) is 12.8 Å². The molecule has 18 heavy (non-hydrogen) atoms. The van der Waals surface area contributed by atoms with Gasteiger partial charge >= 0.3 is 0 Å². The van der Waals surface area contributed by atoms with Crippen LogP contribution in [0.25, 0.3) is 0 Å². The molecule has 1 aromatic carbocycles. The second kappa shape index (κ2) is 4.80. The zero-order valence-electron chi connectivity index (χ0n) is 10.7. The fourth-order valence-corrected chi connectivity index (χ4v) is 2.32. The number of aryl methyl sites for hydroxylation is 1. The van der Waals surface area contributed by atoms with Crippen molar-refractivity contribution >= 4 is 11.8 Å². The highest BCUT2D eigenvalue weighted by Crippen LogP contribution is 2.28. The van der Waals surface area contributed by atoms with Crippen molar-refractivity contribution in [1.82, 2.24) is 4.90 Å². The van der Waals surface area contributed by atoms with Gasteiger partial charge in [0.05, 0.1) is 12.0 Å². The number of likely N-dealkylation sites (tertiary alicyclic amines) is 1. The number of carbonyl (C=O) groups is 2. The lowest BCUT2D eigenvalue weighted by Gasteiger charge is -2.25. The van der Waals surface area contributed by atoms with Crippen molar-refractivity contribution in [3.05, 3.63) is 35.4 Å². The molecule has 0 aromatic heterocycles. The van der Waals surface area contributed by atoms with Gasteiger partial charge in [0.15, 0.2) is 0 Å². The van der Waals surface area contributed by atoms with Crippen LogP contribution >= 0.6 is 0 Å². The first kappa shape index (κ1) is 12.6. The molecule has 1 saturated heterocycles. The molecule has 0 bridgehead atoms. The first-order chi connectivity index (χ1) is 8.49. The van der Waals surface area contributed by atoms with Crippen LogP contribution in [0.2, 0.25) is 0 Å². The molecule has 0 radical (unpaired) electrons. The molecule has 0 spiro atoms. The maximum atomic E-state index is 11.9. The molecule has 0 aliphatic carbocycles. The molecule has 2 unspecified atom stereocenters. The molecule has 1 aromatic rings. The number of nitrogens with zero attached hydrogens (tertiary/aromatic N) is 1. The molecule has 4 heteroatoms. The highest BCUT2D eigenvalue weighted by atomic mass is 16.2. The van der Waals surface area contributed by atoms with Crippen molar-refractivity contribution < 1.29 is 9.59 Å². The van der Waals surface area contributed by atoms with Crippen LogP contribution in [0.3, 0.4) is 0 Å². The summed E-state index contributed by atoms with van der Waals surface area (Å²) >= 11 is 0. The van der Waals surface area contributed by atoms with Crippen LogP contribution in [-0.2, 0) is 9.59 Å². The number of hydrogen-bond acceptors (Lipinski definition) is 2. The summed E-state index contributed by atoms with van der Waals surface area (Å²) in [5.74, 6) is -0.723. The molecule has 4 nitrogen and oxygen atoms in total. The van der Waals surface area contributed by atoms with E-state index in [1.54, 1.807) is 4.90 Å². The SMILES string of the molecule is Cc1ccc(C(C)N2CC(C(N)=O)CC2=O)cc1. The van der Waals surface area contributed by atoms with Crippen LogP contribution in [0.4, 0.5) is 0 Å². The van der Waals surface area contributed by atoms with Gasteiger partial charge in [0.1, 0.15) is 0 Å². The van der Waals surface area contributed by atoms with Crippen molar-refractivity contribution in [3.8, 4) is 0 Å². The zero-order chi connectivity index (χ0) is 13.3. The maximum absolute atomic E-state index is 11.9. The minimum absolute atomic E-state index is 0.00637. The molecule has 1 aliphatic heterocycles. The van der Waals surface area contributed by atoms with E-state index in [2.05, 4.69) is 0 Å². The highest BCUT2D eigenvalue weighted by molar-refractivity contribution is 5.88. The van der Waals surface area contributed by atoms with Gasteiger partial charge in [0, 0.05) is 13.0 Å². The van der Waals surface area contributed by atoms with E-state index in [0.717, 1.165) is 5.56 Å². The van der Waals surface area contributed by atoms with E-state index in [4.69, 9.17) is 5.73 Å². The molecule has 1 aliphatic rings. The molecule has 2 rings (SSSR count). The lowest BCUT2D eigenvalue weighted by atomic mass is 10.1. The normalized spacial score (nSPS) is 21.1. The Balaban J connectivity index is 2.14. The number of hydrogen-bond donors (Lipinski definition) is 1. The van der Waals surface area contributed by atoms with Crippen LogP contribution < -0.4 is 5.73 Å². The third-order valence-electron chi connectivity index (χ3n) is 3.59. The summed E-state index contributed by atoms with van der Waals surface area (Å²) in [4.78, 5) is 24.8. The molecule has 2 amide bonds. The van der Waals surface area contributed by atoms with Crippen LogP contribution in [0.15, 0.2) is 24.3 Å². The largest absolute Gasteiger partial charge is 0.369 e. The van der Waals surface area contributed by atoms with Crippen molar-refractivity contribution in [2.45, 2.75) is 26.3 Å². The first-order valence-electron chi connectivity index (χ1n) is 6.14. The third-order valence-corrected chi connectivity index (χ3v) is 3.59. The summed E-state index contributed by atoms with van der Waals surface area (Å²) in [6.45, 7) is 4.44. The van der Waals surface area contributed by atoms with Gasteiger partial charge in [-0.25, -0.2) is 0 Å². The maximum Gasteiger partial charge on any atom is 0.223 e. The Morgan fingerprint density at radius 3 is 2.50 bits per heavy atom. The standard InChI is InChI=1S/C14H18N2O2/c1-9-3-5-11(6-4-9)10(2)16-8-12(14(15)18)7-13(16)17/h3-6,10,12H,7-8H2,1-2H3,(H2,15,18). The lowest BCUT2D eigenvalue weighted by Crippen LogP contribution is -2.30. The van der Waals surface area contributed by atoms with E-state index < -0.39 is 0 Å². The quantitative estimate of drug-likeness (QED) is 0.876. The minimum Gasteiger partial charge on any atom is -0.369 e. The number of amides is 2. The molecule has 2 atom stereocenters. The number of rotatable bonds is 3. The molecular weight excluding hydrogens is 228 g/mol. The monoisotopic (exact) mass is 246 g/mol. The number of benzene rings is 1. The average Bonchev–Trinajstić information content (AvgIpc) is 2.71. The molecule has 0 saturated carbocycles. The van der Waals surface area contributed by atoms with Gasteiger partial charge in [-0.15, -0.1) is 0 Å². The zero-order valence-corrected chi connectivity index (χ0v) is 10.7. The highest BCUT2D eigenvalue weighted by Gasteiger charge is 2.35. The van der Waals surface area contributed by atoms with Gasteiger partial charge in [-0.05, 0) is 19.4 Å². The third kappa shape index (κ3) is 2.37. The van der Waals surface area contributed by atoms with Gasteiger partial charge in [0.25, 0.3) is 0 Å². The molecule has 1 heterocycles. The van der Waals surface area contributed by atoms with Crippen molar-refractivity contribution in [2.75, 3.05) is 6.54 Å². The summed E-state index contributed by atoms with van der Waals surface area (Å²) in [6.07, 6.45) is 0.242. The summed E-state index contributed by atoms with van der Waals surface area (Å²) in [6, 6.07) is 8.08. The van der Waals surface area contributed by atoms with Crippen molar-refractivity contribution in [2.24, 2.45) is 11.7 Å². The van der Waals surface area contributed by atoms with E-state index in [1.807, 2.05) is 38.1 Å². The lowest BCUT2D eigenvalue weighted by molar-refractivity contribution is -0.130. The summed E-state index contributed by atoms with van der Waals surface area (Å²) in [5.41, 5.74) is 7.53. The van der Waals surface area contributed by atoms with Crippen LogP contribution in [-0.4, -0.2) is 23.3 Å². The predicted octanol–water partition coefficient (Wildman–Crippen LogP) is 1.39. The Labute approximate surface area is 107 Å². The number of nitrogens with two attached hydrogens (primary N) is 1. The van der Waals surface area contributed by atoms with Crippen LogP contribution in [0.1, 0.15) is 30.5 Å². The van der Waals surface area contributed by atoms with Gasteiger partial charge in [0.2, 0.25) is 11.8 Å². The molecule has 2 N–H and O–H groups in total. The fraction of sp³-hybridized carbons (Fsp3) is 0.429. The summed E-state index contributed by atoms with van der Waals surface area (Å²) in [5, 5.41) is 0. The Hall–Kier alpha value is -1.84. The van der Waals surface area contributed by atoms with E-state index in [-0.39, 0.29) is 30.2 Å². The minimum atomic E-state index is -0.387. The molecule has 96 valence electrons. The van der Waals surface area contributed by atoms with E-state index in [9.17, 15) is 9.59 Å². The van der Waals surface area contributed by atoms with Crippen molar-refractivity contribution in [3.63, 3.8) is 0 Å². The number of carbonyl (C=O) groups excluding carboxylic acids is 2. The molecular formula is C14H18N2O2. The van der Waals surface area contributed by atoms with Crippen LogP contribution in [0.5, 0.6) is 0 Å². The first-order valence-corrected chi connectivity index (χ1v) is 6.14. The summed E-state index contributed by atoms with van der Waals surface area (Å²) < 4.78 is 0. The van der Waals surface area contributed by atoms with Gasteiger partial charge in [-0.1, -0.05) is 29.8 Å².